The molecule has 2 fully saturated rings. The van der Waals surface area contributed by atoms with Crippen molar-refractivity contribution in [3.63, 3.8) is 0 Å². The molecule has 3 heterocycles. The maximum atomic E-state index is 15.3. The van der Waals surface area contributed by atoms with Gasteiger partial charge in [0.25, 0.3) is 5.91 Å². The maximum Gasteiger partial charge on any atom is 0.405 e. The van der Waals surface area contributed by atoms with Crippen LogP contribution in [0.3, 0.4) is 0 Å². The first-order valence-electron chi connectivity index (χ1n) is 15.6. The van der Waals surface area contributed by atoms with E-state index >= 15 is 4.39 Å². The largest absolute Gasteiger partial charge is 0.405 e. The van der Waals surface area contributed by atoms with Gasteiger partial charge in [-0.05, 0) is 71.6 Å². The van der Waals surface area contributed by atoms with Crippen LogP contribution in [0, 0.1) is 11.2 Å². The number of fused-ring (bicyclic) bond motifs is 1. The summed E-state index contributed by atoms with van der Waals surface area (Å²) in [5, 5.41) is 2.84. The van der Waals surface area contributed by atoms with Crippen molar-refractivity contribution in [3.8, 4) is 0 Å². The fourth-order valence-electron chi connectivity index (χ4n) is 7.30. The number of nitrogens with one attached hydrogen (secondary N) is 1. The number of alkyl halides is 3. The lowest BCUT2D eigenvalue weighted by atomic mass is 9.72. The third-order valence-corrected chi connectivity index (χ3v) is 10.0. The summed E-state index contributed by atoms with van der Waals surface area (Å²) in [6, 6.07) is 7.66. The highest BCUT2D eigenvalue weighted by molar-refractivity contribution is 6.30. The van der Waals surface area contributed by atoms with Crippen LogP contribution in [0.15, 0.2) is 42.0 Å². The average molecular weight is 661 g/mol. The Morgan fingerprint density at radius 3 is 2.46 bits per heavy atom. The molecule has 0 radical (unpaired) electrons. The lowest BCUT2D eigenvalue weighted by molar-refractivity contribution is -0.198. The van der Waals surface area contributed by atoms with Crippen molar-refractivity contribution in [1.82, 2.24) is 20.0 Å². The van der Waals surface area contributed by atoms with E-state index in [1.165, 1.54) is 15.4 Å². The number of amides is 3. The van der Waals surface area contributed by atoms with Crippen LogP contribution in [-0.4, -0.2) is 76.9 Å². The van der Waals surface area contributed by atoms with Gasteiger partial charge in [-0.3, -0.25) is 29.5 Å². The maximum absolute atomic E-state index is 15.3. The smallest absolute Gasteiger partial charge is 0.322 e. The molecule has 3 aliphatic heterocycles. The van der Waals surface area contributed by atoms with E-state index in [-0.39, 0.29) is 50.0 Å². The molecule has 0 saturated carbocycles. The SMILES string of the molecule is CC1(C)CCC(CN2CCN(Cc3cc(F)c4c(c3)CN(C3CCC(=O)NC3=O)C4=O)C(C(F)(F)F)C2)=C(c2ccc(Cl)cc2)C1. The van der Waals surface area contributed by atoms with E-state index in [0.29, 0.717) is 29.2 Å². The van der Waals surface area contributed by atoms with Crippen LogP contribution in [0.2, 0.25) is 5.02 Å². The van der Waals surface area contributed by atoms with Crippen LogP contribution in [0.1, 0.15) is 73.0 Å². The predicted molar refractivity (Wildman–Crippen MR) is 165 cm³/mol. The summed E-state index contributed by atoms with van der Waals surface area (Å²) in [7, 11) is 0. The van der Waals surface area contributed by atoms with Crippen LogP contribution in [-0.2, 0) is 22.7 Å². The van der Waals surface area contributed by atoms with E-state index in [9.17, 15) is 27.6 Å². The number of imide groups is 1. The number of halogens is 5. The number of piperazine rings is 1. The molecule has 3 amide bonds. The van der Waals surface area contributed by atoms with Crippen LogP contribution < -0.4 is 5.32 Å². The van der Waals surface area contributed by atoms with Gasteiger partial charge in [-0.2, -0.15) is 13.2 Å². The van der Waals surface area contributed by atoms with Crippen molar-refractivity contribution in [3.05, 3.63) is 75.1 Å². The summed E-state index contributed by atoms with van der Waals surface area (Å²) >= 11 is 6.12. The van der Waals surface area contributed by atoms with Gasteiger partial charge in [0.05, 0.1) is 5.56 Å². The third kappa shape index (κ3) is 6.73. The first-order chi connectivity index (χ1) is 21.7. The first kappa shape index (κ1) is 32.7. The number of carbonyl (C=O) groups is 3. The molecule has 0 spiro atoms. The molecule has 2 aromatic carbocycles. The predicted octanol–water partition coefficient (Wildman–Crippen LogP) is 5.95. The van der Waals surface area contributed by atoms with E-state index < -0.39 is 41.8 Å². The lowest BCUT2D eigenvalue weighted by Gasteiger charge is -2.43. The van der Waals surface area contributed by atoms with Crippen molar-refractivity contribution < 1.29 is 31.9 Å². The molecule has 1 N–H and O–H groups in total. The normalized spacial score (nSPS) is 24.4. The molecule has 2 saturated heterocycles. The summed E-state index contributed by atoms with van der Waals surface area (Å²) < 4.78 is 58.9. The monoisotopic (exact) mass is 660 g/mol. The highest BCUT2D eigenvalue weighted by Crippen LogP contribution is 2.44. The van der Waals surface area contributed by atoms with E-state index in [0.717, 1.165) is 36.5 Å². The number of hydrogen-bond acceptors (Lipinski definition) is 5. The van der Waals surface area contributed by atoms with Gasteiger partial charge in [0.2, 0.25) is 11.8 Å². The number of allylic oxidation sites excluding steroid dienone is 1. The van der Waals surface area contributed by atoms with Gasteiger partial charge in [0, 0.05) is 50.7 Å². The van der Waals surface area contributed by atoms with Crippen molar-refractivity contribution in [2.45, 2.75) is 77.3 Å². The summed E-state index contributed by atoms with van der Waals surface area (Å²) in [4.78, 5) is 41.4. The van der Waals surface area contributed by atoms with Gasteiger partial charge >= 0.3 is 6.18 Å². The molecular formula is C34H37ClF4N4O3. The minimum Gasteiger partial charge on any atom is -0.322 e. The van der Waals surface area contributed by atoms with Gasteiger partial charge in [0.15, 0.2) is 0 Å². The van der Waals surface area contributed by atoms with Crippen molar-refractivity contribution >= 4 is 34.9 Å². The molecule has 2 unspecified atom stereocenters. The van der Waals surface area contributed by atoms with Crippen LogP contribution in [0.4, 0.5) is 17.6 Å². The molecule has 0 bridgehead atoms. The Balaban J connectivity index is 1.18. The van der Waals surface area contributed by atoms with Gasteiger partial charge in [-0.15, -0.1) is 0 Å². The quantitative estimate of drug-likeness (QED) is 0.306. The van der Waals surface area contributed by atoms with Crippen LogP contribution in [0.5, 0.6) is 0 Å². The second kappa shape index (κ2) is 12.4. The van der Waals surface area contributed by atoms with Crippen LogP contribution >= 0.6 is 11.6 Å². The second-order valence-corrected chi connectivity index (χ2v) is 14.1. The molecular weight excluding hydrogens is 624 g/mol. The second-order valence-electron chi connectivity index (χ2n) is 13.7. The van der Waals surface area contributed by atoms with Crippen molar-refractivity contribution in [2.24, 2.45) is 5.41 Å². The summed E-state index contributed by atoms with van der Waals surface area (Å²) in [5.41, 5.74) is 3.95. The summed E-state index contributed by atoms with van der Waals surface area (Å²) in [5.74, 6) is -2.53. The molecule has 7 nitrogen and oxygen atoms in total. The van der Waals surface area contributed by atoms with E-state index in [1.807, 2.05) is 29.2 Å². The Morgan fingerprint density at radius 2 is 1.76 bits per heavy atom. The lowest BCUT2D eigenvalue weighted by Crippen LogP contribution is -2.58. The minimum absolute atomic E-state index is 0.0520. The molecule has 12 heteroatoms. The van der Waals surface area contributed by atoms with Gasteiger partial charge < -0.3 is 4.90 Å². The zero-order chi connectivity index (χ0) is 33.0. The number of hydrogen-bond donors (Lipinski definition) is 1. The molecule has 246 valence electrons. The van der Waals surface area contributed by atoms with E-state index in [2.05, 4.69) is 19.2 Å². The highest BCUT2D eigenvalue weighted by atomic mass is 35.5. The standard InChI is InChI=1S/C34H37ClF4N4O3/c1-33(2)10-9-22(25(15-33)21-3-5-24(35)6-4-21)17-41-11-12-42(28(19-41)34(37,38)39)16-20-13-23-18-43(32(46)30(23)26(36)14-20)27-7-8-29(44)40-31(27)45/h3-6,13-14,27-28H,7-12,15-19H2,1-2H3,(H,40,44,45). The Hall–Kier alpha value is -3.28. The zero-order valence-corrected chi connectivity index (χ0v) is 26.6. The number of carbonyl (C=O) groups excluding carboxylic acids is 3. The molecule has 1 aliphatic carbocycles. The number of piperidine rings is 1. The molecule has 2 atom stereocenters. The zero-order valence-electron chi connectivity index (χ0n) is 25.9. The topological polar surface area (TPSA) is 73.0 Å². The molecule has 6 rings (SSSR count). The van der Waals surface area contributed by atoms with E-state index in [4.69, 9.17) is 11.6 Å². The van der Waals surface area contributed by atoms with Crippen molar-refractivity contribution in [1.29, 1.82) is 0 Å². The minimum atomic E-state index is -4.51. The molecule has 4 aliphatic rings. The Bertz CT molecular complexity index is 1590. The highest BCUT2D eigenvalue weighted by Gasteiger charge is 2.47. The van der Waals surface area contributed by atoms with E-state index in [1.54, 1.807) is 6.07 Å². The van der Waals surface area contributed by atoms with Crippen LogP contribution in [0.25, 0.3) is 5.57 Å². The molecule has 0 aromatic heterocycles. The Kier molecular flexibility index (Phi) is 8.80. The molecule has 2 aromatic rings. The number of rotatable bonds is 6. The summed E-state index contributed by atoms with van der Waals surface area (Å²) in [6.45, 7) is 5.03. The number of nitrogens with zero attached hydrogens (tertiary/aromatic N) is 3. The Morgan fingerprint density at radius 1 is 1.02 bits per heavy atom. The Labute approximate surface area is 270 Å². The first-order valence-corrected chi connectivity index (χ1v) is 16.0. The van der Waals surface area contributed by atoms with Gasteiger partial charge in [-0.25, -0.2) is 4.39 Å². The van der Waals surface area contributed by atoms with Crippen molar-refractivity contribution in [2.75, 3.05) is 26.2 Å². The fourth-order valence-corrected chi connectivity index (χ4v) is 7.43. The summed E-state index contributed by atoms with van der Waals surface area (Å²) in [6.07, 6.45) is -1.71. The van der Waals surface area contributed by atoms with Gasteiger partial charge in [0.1, 0.15) is 17.9 Å². The van der Waals surface area contributed by atoms with Gasteiger partial charge in [-0.1, -0.05) is 49.2 Å². The molecule has 46 heavy (non-hydrogen) atoms. The average Bonchev–Trinajstić information content (AvgIpc) is 3.30. The third-order valence-electron chi connectivity index (χ3n) is 9.77. The number of benzene rings is 2. The fraction of sp³-hybridized carbons (Fsp3) is 0.500.